The van der Waals surface area contributed by atoms with E-state index in [-0.39, 0.29) is 6.04 Å². The molecule has 1 rings (SSSR count). The molecule has 0 radical (unpaired) electrons. The van der Waals surface area contributed by atoms with Gasteiger partial charge in [0.05, 0.1) is 45.8 Å². The van der Waals surface area contributed by atoms with Crippen molar-refractivity contribution in [3.05, 3.63) is 18.0 Å². The third-order valence-corrected chi connectivity index (χ3v) is 2.98. The van der Waals surface area contributed by atoms with E-state index in [2.05, 4.69) is 12.0 Å². The van der Waals surface area contributed by atoms with Crippen molar-refractivity contribution in [3.63, 3.8) is 0 Å². The predicted octanol–water partition coefficient (Wildman–Crippen LogP) is 0.843. The lowest BCUT2D eigenvalue weighted by Crippen LogP contribution is -2.21. The maximum Gasteiger partial charge on any atom is 0.0701 e. The summed E-state index contributed by atoms with van der Waals surface area (Å²) in [6, 6.07) is 0.216. The molecule has 0 aliphatic carbocycles. The lowest BCUT2D eigenvalue weighted by atomic mass is 10.1. The van der Waals surface area contributed by atoms with Gasteiger partial charge in [-0.2, -0.15) is 5.10 Å². The maximum absolute atomic E-state index is 5.92. The Bertz CT molecular complexity index is 344. The first-order valence-electron chi connectivity index (χ1n) is 7.17. The highest BCUT2D eigenvalue weighted by atomic mass is 16.5. The molecule has 20 heavy (non-hydrogen) atoms. The van der Waals surface area contributed by atoms with Gasteiger partial charge in [0.25, 0.3) is 0 Å². The fourth-order valence-corrected chi connectivity index (χ4v) is 1.70. The van der Waals surface area contributed by atoms with Crippen LogP contribution in [-0.4, -0.2) is 56.0 Å². The maximum atomic E-state index is 5.92. The molecule has 0 amide bonds. The van der Waals surface area contributed by atoms with Gasteiger partial charge in [-0.05, 0) is 18.4 Å². The molecule has 2 N–H and O–H groups in total. The molecule has 0 saturated carbocycles. The quantitative estimate of drug-likeness (QED) is 0.576. The molecule has 1 unspecified atom stereocenters. The van der Waals surface area contributed by atoms with Crippen LogP contribution >= 0.6 is 0 Å². The van der Waals surface area contributed by atoms with Gasteiger partial charge in [0.1, 0.15) is 0 Å². The second kappa shape index (κ2) is 10.8. The van der Waals surface area contributed by atoms with Crippen LogP contribution in [0.15, 0.2) is 12.4 Å². The molecule has 1 atom stereocenters. The van der Waals surface area contributed by atoms with Crippen LogP contribution in [0.3, 0.4) is 0 Å². The Balaban J connectivity index is 2.04. The minimum atomic E-state index is 0.216. The van der Waals surface area contributed by atoms with Gasteiger partial charge in [0.15, 0.2) is 0 Å². The number of nitrogens with two attached hydrogens (primary N) is 1. The number of methoxy groups -OCH3 is 1. The summed E-state index contributed by atoms with van der Waals surface area (Å²) in [6.07, 6.45) is 5.78. The van der Waals surface area contributed by atoms with E-state index in [1.807, 2.05) is 17.1 Å². The second-order valence-electron chi connectivity index (χ2n) is 4.70. The topological polar surface area (TPSA) is 71.5 Å². The van der Waals surface area contributed by atoms with Crippen molar-refractivity contribution >= 4 is 0 Å². The van der Waals surface area contributed by atoms with E-state index in [1.165, 1.54) is 5.56 Å². The zero-order valence-corrected chi connectivity index (χ0v) is 12.6. The molecule has 0 aliphatic rings. The highest BCUT2D eigenvalue weighted by Crippen LogP contribution is 2.03. The number of aromatic nitrogens is 2. The molecule has 1 heterocycles. The minimum absolute atomic E-state index is 0.216. The molecule has 0 aromatic carbocycles. The standard InChI is InChI=1S/C14H27N3O3/c1-3-14(15)10-13-11-16-17(12-13)4-5-19-8-9-20-7-6-18-2/h11-12,14H,3-10,15H2,1-2H3. The van der Waals surface area contributed by atoms with Crippen LogP contribution in [0.5, 0.6) is 0 Å². The molecule has 0 bridgehead atoms. The van der Waals surface area contributed by atoms with Crippen LogP contribution in [0.1, 0.15) is 18.9 Å². The third kappa shape index (κ3) is 7.59. The zero-order chi connectivity index (χ0) is 14.6. The van der Waals surface area contributed by atoms with E-state index >= 15 is 0 Å². The first-order valence-corrected chi connectivity index (χ1v) is 7.17. The molecule has 0 spiro atoms. The number of hydrogen-bond donors (Lipinski definition) is 1. The van der Waals surface area contributed by atoms with Crippen molar-refractivity contribution in [2.24, 2.45) is 5.73 Å². The first-order chi connectivity index (χ1) is 9.76. The van der Waals surface area contributed by atoms with Crippen LogP contribution in [0.4, 0.5) is 0 Å². The number of rotatable bonds is 12. The van der Waals surface area contributed by atoms with Crippen molar-refractivity contribution in [1.82, 2.24) is 9.78 Å². The molecule has 0 aliphatic heterocycles. The molecular weight excluding hydrogens is 258 g/mol. The Morgan fingerprint density at radius 2 is 1.90 bits per heavy atom. The van der Waals surface area contributed by atoms with Gasteiger partial charge in [-0.15, -0.1) is 0 Å². The monoisotopic (exact) mass is 285 g/mol. The average molecular weight is 285 g/mol. The molecule has 116 valence electrons. The SMILES string of the molecule is CCC(N)Cc1cnn(CCOCCOCCOC)c1. The molecular formula is C14H27N3O3. The first kappa shape index (κ1) is 17.1. The van der Waals surface area contributed by atoms with E-state index in [1.54, 1.807) is 7.11 Å². The van der Waals surface area contributed by atoms with E-state index in [0.29, 0.717) is 33.0 Å². The highest BCUT2D eigenvalue weighted by Gasteiger charge is 2.04. The highest BCUT2D eigenvalue weighted by molar-refractivity contribution is 5.05. The molecule has 0 fully saturated rings. The van der Waals surface area contributed by atoms with Crippen molar-refractivity contribution in [2.45, 2.75) is 32.4 Å². The summed E-state index contributed by atoms with van der Waals surface area (Å²) < 4.78 is 17.5. The van der Waals surface area contributed by atoms with E-state index in [9.17, 15) is 0 Å². The summed E-state index contributed by atoms with van der Waals surface area (Å²) in [5.41, 5.74) is 7.10. The van der Waals surface area contributed by atoms with Crippen LogP contribution < -0.4 is 5.73 Å². The third-order valence-electron chi connectivity index (χ3n) is 2.98. The van der Waals surface area contributed by atoms with Gasteiger partial charge in [-0.25, -0.2) is 0 Å². The normalized spacial score (nSPS) is 12.8. The summed E-state index contributed by atoms with van der Waals surface area (Å²) in [7, 11) is 1.66. The number of hydrogen-bond acceptors (Lipinski definition) is 5. The average Bonchev–Trinajstić information content (AvgIpc) is 2.89. The summed E-state index contributed by atoms with van der Waals surface area (Å²) in [5.74, 6) is 0. The van der Waals surface area contributed by atoms with Crippen LogP contribution in [-0.2, 0) is 27.2 Å². The Labute approximate surface area is 121 Å². The van der Waals surface area contributed by atoms with Crippen molar-refractivity contribution < 1.29 is 14.2 Å². The zero-order valence-electron chi connectivity index (χ0n) is 12.6. The Morgan fingerprint density at radius 1 is 1.20 bits per heavy atom. The molecule has 1 aromatic rings. The van der Waals surface area contributed by atoms with E-state index in [4.69, 9.17) is 19.9 Å². The summed E-state index contributed by atoms with van der Waals surface area (Å²) in [6.45, 7) is 5.90. The van der Waals surface area contributed by atoms with Crippen LogP contribution in [0, 0.1) is 0 Å². The summed E-state index contributed by atoms with van der Waals surface area (Å²) in [4.78, 5) is 0. The number of ether oxygens (including phenoxy) is 3. The smallest absolute Gasteiger partial charge is 0.0701 e. The molecule has 6 nitrogen and oxygen atoms in total. The Hall–Kier alpha value is -0.950. The number of nitrogens with zero attached hydrogens (tertiary/aromatic N) is 2. The predicted molar refractivity (Wildman–Crippen MR) is 77.7 cm³/mol. The fraction of sp³-hybridized carbons (Fsp3) is 0.786. The van der Waals surface area contributed by atoms with Gasteiger partial charge in [0.2, 0.25) is 0 Å². The van der Waals surface area contributed by atoms with E-state index in [0.717, 1.165) is 19.4 Å². The van der Waals surface area contributed by atoms with Gasteiger partial charge >= 0.3 is 0 Å². The van der Waals surface area contributed by atoms with Crippen molar-refractivity contribution in [2.75, 3.05) is 40.1 Å². The minimum Gasteiger partial charge on any atom is -0.382 e. The van der Waals surface area contributed by atoms with Gasteiger partial charge in [0, 0.05) is 19.3 Å². The second-order valence-corrected chi connectivity index (χ2v) is 4.70. The Morgan fingerprint density at radius 3 is 2.60 bits per heavy atom. The van der Waals surface area contributed by atoms with Crippen molar-refractivity contribution in [1.29, 1.82) is 0 Å². The molecule has 0 saturated heterocycles. The summed E-state index contributed by atoms with van der Waals surface area (Å²) >= 11 is 0. The van der Waals surface area contributed by atoms with Gasteiger partial charge < -0.3 is 19.9 Å². The fourth-order valence-electron chi connectivity index (χ4n) is 1.70. The lowest BCUT2D eigenvalue weighted by Gasteiger charge is -2.06. The van der Waals surface area contributed by atoms with E-state index < -0.39 is 0 Å². The largest absolute Gasteiger partial charge is 0.382 e. The Kier molecular flexibility index (Phi) is 9.23. The lowest BCUT2D eigenvalue weighted by molar-refractivity contribution is 0.0225. The molecule has 1 aromatic heterocycles. The van der Waals surface area contributed by atoms with Crippen LogP contribution in [0.25, 0.3) is 0 Å². The van der Waals surface area contributed by atoms with Crippen LogP contribution in [0.2, 0.25) is 0 Å². The van der Waals surface area contributed by atoms with Gasteiger partial charge in [-0.1, -0.05) is 6.92 Å². The summed E-state index contributed by atoms with van der Waals surface area (Å²) in [5, 5.41) is 4.30. The molecule has 6 heteroatoms. The van der Waals surface area contributed by atoms with Crippen molar-refractivity contribution in [3.8, 4) is 0 Å². The van der Waals surface area contributed by atoms with Gasteiger partial charge in [-0.3, -0.25) is 4.68 Å².